The Kier molecular flexibility index (Phi) is 3.86. The number of benzene rings is 2. The number of nitrogens with one attached hydrogen (secondary N) is 1. The SMILES string of the molecule is O=C(O)c1ccc(Cl)cc1Nc1cccc([N+](=O)[O-])c1. The molecular weight excluding hydrogens is 284 g/mol. The molecule has 20 heavy (non-hydrogen) atoms. The lowest BCUT2D eigenvalue weighted by Gasteiger charge is -2.10. The van der Waals surface area contributed by atoms with Crippen LogP contribution in [0.2, 0.25) is 5.02 Å². The maximum absolute atomic E-state index is 11.1. The van der Waals surface area contributed by atoms with E-state index in [1.54, 1.807) is 6.07 Å². The lowest BCUT2D eigenvalue weighted by molar-refractivity contribution is -0.384. The van der Waals surface area contributed by atoms with Crippen LogP contribution in [0.3, 0.4) is 0 Å². The second kappa shape index (κ2) is 5.58. The fraction of sp³-hybridized carbons (Fsp3) is 0. The first-order valence-electron chi connectivity index (χ1n) is 5.51. The van der Waals surface area contributed by atoms with Gasteiger partial charge >= 0.3 is 5.97 Å². The van der Waals surface area contributed by atoms with E-state index >= 15 is 0 Å². The van der Waals surface area contributed by atoms with Crippen LogP contribution in [0.4, 0.5) is 17.1 Å². The number of carbonyl (C=O) groups is 1. The van der Waals surface area contributed by atoms with Crippen LogP contribution in [0.1, 0.15) is 10.4 Å². The van der Waals surface area contributed by atoms with Crippen molar-refractivity contribution in [2.75, 3.05) is 5.32 Å². The Balaban J connectivity index is 2.39. The zero-order chi connectivity index (χ0) is 14.7. The van der Waals surface area contributed by atoms with Crippen LogP contribution in [0, 0.1) is 10.1 Å². The van der Waals surface area contributed by atoms with Crippen LogP contribution in [-0.4, -0.2) is 16.0 Å². The maximum atomic E-state index is 11.1. The largest absolute Gasteiger partial charge is 0.478 e. The molecule has 102 valence electrons. The molecular formula is C13H9ClN2O4. The quantitative estimate of drug-likeness (QED) is 0.662. The molecule has 0 radical (unpaired) electrons. The molecule has 0 aliphatic heterocycles. The fourth-order valence-electron chi connectivity index (χ4n) is 1.66. The standard InChI is InChI=1S/C13H9ClN2O4/c14-8-4-5-11(13(17)18)12(6-8)15-9-2-1-3-10(7-9)16(19)20/h1-7,15H,(H,17,18). The van der Waals surface area contributed by atoms with E-state index in [4.69, 9.17) is 16.7 Å². The number of halogens is 1. The van der Waals surface area contributed by atoms with E-state index < -0.39 is 10.9 Å². The van der Waals surface area contributed by atoms with Crippen LogP contribution in [0.5, 0.6) is 0 Å². The molecule has 0 aromatic heterocycles. The highest BCUT2D eigenvalue weighted by Crippen LogP contribution is 2.26. The molecule has 7 heteroatoms. The molecule has 0 aliphatic rings. The monoisotopic (exact) mass is 292 g/mol. The van der Waals surface area contributed by atoms with E-state index in [0.717, 1.165) is 0 Å². The molecule has 0 aliphatic carbocycles. The smallest absolute Gasteiger partial charge is 0.337 e. The first-order chi connectivity index (χ1) is 9.47. The Bertz CT molecular complexity index is 688. The minimum absolute atomic E-state index is 0.0286. The normalized spacial score (nSPS) is 10.1. The number of hydrogen-bond acceptors (Lipinski definition) is 4. The van der Waals surface area contributed by atoms with Gasteiger partial charge in [-0.3, -0.25) is 10.1 Å². The van der Waals surface area contributed by atoms with Gasteiger partial charge in [-0.05, 0) is 24.3 Å². The summed E-state index contributed by atoms with van der Waals surface area (Å²) in [7, 11) is 0. The van der Waals surface area contributed by atoms with Gasteiger partial charge in [0.1, 0.15) is 0 Å². The van der Waals surface area contributed by atoms with E-state index in [1.807, 2.05) is 0 Å². The summed E-state index contributed by atoms with van der Waals surface area (Å²) in [5.74, 6) is -1.12. The molecule has 0 spiro atoms. The van der Waals surface area contributed by atoms with Crippen molar-refractivity contribution in [1.29, 1.82) is 0 Å². The van der Waals surface area contributed by atoms with Crippen LogP contribution in [0.25, 0.3) is 0 Å². The Hall–Kier alpha value is -2.60. The number of nitro groups is 1. The third kappa shape index (κ3) is 3.04. The van der Waals surface area contributed by atoms with Gasteiger partial charge in [0.15, 0.2) is 0 Å². The van der Waals surface area contributed by atoms with Gasteiger partial charge in [-0.25, -0.2) is 4.79 Å². The van der Waals surface area contributed by atoms with Gasteiger partial charge in [0.05, 0.1) is 16.2 Å². The Labute approximate surface area is 118 Å². The van der Waals surface area contributed by atoms with Gasteiger partial charge in [-0.15, -0.1) is 0 Å². The highest BCUT2D eigenvalue weighted by Gasteiger charge is 2.12. The summed E-state index contributed by atoms with van der Waals surface area (Å²) in [5.41, 5.74) is 0.615. The molecule has 2 N–H and O–H groups in total. The van der Waals surface area contributed by atoms with E-state index in [9.17, 15) is 14.9 Å². The third-order valence-electron chi connectivity index (χ3n) is 2.55. The zero-order valence-corrected chi connectivity index (χ0v) is 10.8. The lowest BCUT2D eigenvalue weighted by atomic mass is 10.1. The molecule has 0 saturated heterocycles. The summed E-state index contributed by atoms with van der Waals surface area (Å²) in [6, 6.07) is 10.0. The van der Waals surface area contributed by atoms with Crippen molar-refractivity contribution >= 4 is 34.6 Å². The van der Waals surface area contributed by atoms with Crippen molar-refractivity contribution in [3.8, 4) is 0 Å². The zero-order valence-electron chi connectivity index (χ0n) is 10.0. The van der Waals surface area contributed by atoms with E-state index in [-0.39, 0.29) is 16.9 Å². The number of aromatic carboxylic acids is 1. The molecule has 2 aromatic rings. The van der Waals surface area contributed by atoms with Gasteiger partial charge in [-0.1, -0.05) is 17.7 Å². The van der Waals surface area contributed by atoms with Crippen molar-refractivity contribution in [1.82, 2.24) is 0 Å². The Morgan fingerprint density at radius 3 is 2.65 bits per heavy atom. The van der Waals surface area contributed by atoms with E-state index in [0.29, 0.717) is 10.7 Å². The molecule has 0 fully saturated rings. The highest BCUT2D eigenvalue weighted by atomic mass is 35.5. The van der Waals surface area contributed by atoms with Gasteiger partial charge in [-0.2, -0.15) is 0 Å². The number of nitrogens with zero attached hydrogens (tertiary/aromatic N) is 1. The van der Waals surface area contributed by atoms with Crippen LogP contribution in [0.15, 0.2) is 42.5 Å². The van der Waals surface area contributed by atoms with Gasteiger partial charge in [0, 0.05) is 22.8 Å². The number of nitro benzene ring substituents is 1. The number of carboxylic acids is 1. The van der Waals surface area contributed by atoms with E-state index in [1.165, 1.54) is 36.4 Å². The summed E-state index contributed by atoms with van der Waals surface area (Å²) in [4.78, 5) is 21.3. The molecule has 2 aromatic carbocycles. The first-order valence-corrected chi connectivity index (χ1v) is 5.89. The molecule has 0 heterocycles. The predicted octanol–water partition coefficient (Wildman–Crippen LogP) is 3.69. The van der Waals surface area contributed by atoms with Crippen molar-refractivity contribution in [2.45, 2.75) is 0 Å². The minimum atomic E-state index is -1.12. The van der Waals surface area contributed by atoms with Gasteiger partial charge in [0.25, 0.3) is 5.69 Å². The molecule has 0 saturated carbocycles. The van der Waals surface area contributed by atoms with Crippen LogP contribution in [-0.2, 0) is 0 Å². The second-order valence-corrected chi connectivity index (χ2v) is 4.36. The third-order valence-corrected chi connectivity index (χ3v) is 2.78. The van der Waals surface area contributed by atoms with Crippen molar-refractivity contribution < 1.29 is 14.8 Å². The minimum Gasteiger partial charge on any atom is -0.478 e. The number of hydrogen-bond donors (Lipinski definition) is 2. The van der Waals surface area contributed by atoms with Crippen molar-refractivity contribution in [3.63, 3.8) is 0 Å². The van der Waals surface area contributed by atoms with E-state index in [2.05, 4.69) is 5.32 Å². The van der Waals surface area contributed by atoms with Crippen LogP contribution >= 0.6 is 11.6 Å². The fourth-order valence-corrected chi connectivity index (χ4v) is 1.83. The summed E-state index contributed by atoms with van der Waals surface area (Å²) < 4.78 is 0. The van der Waals surface area contributed by atoms with Gasteiger partial charge < -0.3 is 10.4 Å². The molecule has 0 bridgehead atoms. The topological polar surface area (TPSA) is 92.5 Å². The molecule has 0 amide bonds. The first kappa shape index (κ1) is 13.8. The Morgan fingerprint density at radius 2 is 2.00 bits per heavy atom. The van der Waals surface area contributed by atoms with Crippen LogP contribution < -0.4 is 5.32 Å². The average Bonchev–Trinajstić information content (AvgIpc) is 2.38. The second-order valence-electron chi connectivity index (χ2n) is 3.93. The summed E-state index contributed by atoms with van der Waals surface area (Å²) in [6.45, 7) is 0. The molecule has 0 unspecified atom stereocenters. The molecule has 2 rings (SSSR count). The summed E-state index contributed by atoms with van der Waals surface area (Å²) in [5, 5.41) is 23.0. The number of carboxylic acid groups (broad SMARTS) is 1. The molecule has 6 nitrogen and oxygen atoms in total. The number of rotatable bonds is 4. The molecule has 0 atom stereocenters. The highest BCUT2D eigenvalue weighted by molar-refractivity contribution is 6.31. The summed E-state index contributed by atoms with van der Waals surface area (Å²) in [6.07, 6.45) is 0. The Morgan fingerprint density at radius 1 is 1.25 bits per heavy atom. The number of anilines is 2. The number of non-ortho nitro benzene ring substituents is 1. The summed E-state index contributed by atoms with van der Waals surface area (Å²) >= 11 is 5.83. The lowest BCUT2D eigenvalue weighted by Crippen LogP contribution is -2.02. The van der Waals surface area contributed by atoms with Crippen molar-refractivity contribution in [2.24, 2.45) is 0 Å². The van der Waals surface area contributed by atoms with Crippen molar-refractivity contribution in [3.05, 3.63) is 63.2 Å². The average molecular weight is 293 g/mol. The predicted molar refractivity (Wildman–Crippen MR) is 74.8 cm³/mol. The van der Waals surface area contributed by atoms with Gasteiger partial charge in [0.2, 0.25) is 0 Å². The maximum Gasteiger partial charge on any atom is 0.337 e.